The first-order valence-electron chi connectivity index (χ1n) is 5.10. The van der Waals surface area contributed by atoms with Gasteiger partial charge in [-0.05, 0) is 17.2 Å². The van der Waals surface area contributed by atoms with Gasteiger partial charge in [-0.15, -0.1) is 0 Å². The monoisotopic (exact) mass is 247 g/mol. The fourth-order valence-electron chi connectivity index (χ4n) is 1.59. The normalized spacial score (nSPS) is 10.2. The maximum absolute atomic E-state index is 13.5. The fourth-order valence-corrected chi connectivity index (χ4v) is 1.87. The molecule has 0 spiro atoms. The predicted molar refractivity (Wildman–Crippen MR) is 71.3 cm³/mol. The summed E-state index contributed by atoms with van der Waals surface area (Å²) in [7, 11) is 0. The van der Waals surface area contributed by atoms with E-state index in [1.165, 1.54) is 6.07 Å². The minimum Gasteiger partial charge on any atom is -0.396 e. The van der Waals surface area contributed by atoms with Gasteiger partial charge in [0.05, 0.1) is 10.7 Å². The molecule has 0 aliphatic carbocycles. The molecule has 1 nitrogen and oxygen atoms in total. The van der Waals surface area contributed by atoms with E-state index in [0.29, 0.717) is 5.56 Å². The van der Waals surface area contributed by atoms with Crippen molar-refractivity contribution in [3.63, 3.8) is 0 Å². The van der Waals surface area contributed by atoms with Gasteiger partial charge in [0, 0.05) is 5.56 Å². The van der Waals surface area contributed by atoms with Gasteiger partial charge >= 0.3 is 0 Å². The van der Waals surface area contributed by atoms with Crippen molar-refractivity contribution in [1.29, 1.82) is 0 Å². The minimum atomic E-state index is -0.572. The molecule has 0 fully saturated rings. The number of nitrogens with two attached hydrogens (primary N) is 1. The lowest BCUT2D eigenvalue weighted by Crippen LogP contribution is -1.92. The maximum atomic E-state index is 13.5. The molecule has 2 aromatic rings. The lowest BCUT2D eigenvalue weighted by molar-refractivity contribution is 0.633. The largest absolute Gasteiger partial charge is 0.396 e. The summed E-state index contributed by atoms with van der Waals surface area (Å²) in [5, 5.41) is 0.0522. The summed E-state index contributed by atoms with van der Waals surface area (Å²) in [6.45, 7) is 3.67. The van der Waals surface area contributed by atoms with Gasteiger partial charge < -0.3 is 5.73 Å². The number of benzene rings is 2. The average Bonchev–Trinajstić information content (AvgIpc) is 2.36. The molecule has 2 N–H and O–H groups in total. The van der Waals surface area contributed by atoms with E-state index in [9.17, 15) is 4.39 Å². The molecule has 0 saturated carbocycles. The van der Waals surface area contributed by atoms with Crippen LogP contribution in [0.4, 0.5) is 10.1 Å². The molecule has 86 valence electrons. The maximum Gasteiger partial charge on any atom is 0.165 e. The zero-order valence-corrected chi connectivity index (χ0v) is 9.84. The topological polar surface area (TPSA) is 26.0 Å². The van der Waals surface area contributed by atoms with Gasteiger partial charge in [-0.1, -0.05) is 54.6 Å². The van der Waals surface area contributed by atoms with Crippen LogP contribution in [0.3, 0.4) is 0 Å². The van der Waals surface area contributed by atoms with Crippen LogP contribution in [0, 0.1) is 5.82 Å². The van der Waals surface area contributed by atoms with Gasteiger partial charge in [-0.3, -0.25) is 0 Å². The zero-order chi connectivity index (χ0) is 12.4. The van der Waals surface area contributed by atoms with Crippen LogP contribution < -0.4 is 5.73 Å². The van der Waals surface area contributed by atoms with Gasteiger partial charge in [-0.2, -0.15) is 0 Å². The summed E-state index contributed by atoms with van der Waals surface area (Å²) >= 11 is 5.93. The predicted octanol–water partition coefficient (Wildman–Crippen LogP) is 4.37. The third-order valence-corrected chi connectivity index (χ3v) is 2.94. The van der Waals surface area contributed by atoms with Crippen LogP contribution in [-0.4, -0.2) is 0 Å². The number of halogens is 2. The second-order valence-corrected chi connectivity index (χ2v) is 4.03. The van der Waals surface area contributed by atoms with Crippen molar-refractivity contribution in [3.05, 3.63) is 59.4 Å². The van der Waals surface area contributed by atoms with Crippen LogP contribution in [0.15, 0.2) is 43.0 Å². The van der Waals surface area contributed by atoms with Crippen LogP contribution in [-0.2, 0) is 0 Å². The molecule has 0 radical (unpaired) electrons. The number of nitrogen functional groups attached to an aromatic ring is 1. The van der Waals surface area contributed by atoms with Crippen molar-refractivity contribution >= 4 is 23.4 Å². The Bertz CT molecular complexity index is 561. The Hall–Kier alpha value is -1.80. The molecular weight excluding hydrogens is 237 g/mol. The van der Waals surface area contributed by atoms with Crippen LogP contribution >= 0.6 is 11.6 Å². The summed E-state index contributed by atoms with van der Waals surface area (Å²) in [6.07, 6.45) is 1.74. The molecule has 2 rings (SSSR count). The van der Waals surface area contributed by atoms with E-state index in [1.54, 1.807) is 12.1 Å². The van der Waals surface area contributed by atoms with Crippen LogP contribution in [0.1, 0.15) is 5.56 Å². The lowest BCUT2D eigenvalue weighted by atomic mass is 10.0. The standard InChI is InChI=1S/C14H11ClFN/c1-2-9-3-5-10(6-4-9)11-7-8-12(17)14(16)13(11)15/h2-8H,1,17H2. The second-order valence-electron chi connectivity index (χ2n) is 3.66. The molecule has 2 aromatic carbocycles. The van der Waals surface area contributed by atoms with E-state index in [1.807, 2.05) is 24.3 Å². The second kappa shape index (κ2) is 4.60. The number of anilines is 1. The first-order chi connectivity index (χ1) is 8.13. The molecule has 0 atom stereocenters. The van der Waals surface area contributed by atoms with Crippen LogP contribution in [0.5, 0.6) is 0 Å². The minimum absolute atomic E-state index is 0.0522. The van der Waals surface area contributed by atoms with Gasteiger partial charge in [-0.25, -0.2) is 4.39 Å². The summed E-state index contributed by atoms with van der Waals surface area (Å²) in [5.74, 6) is -0.572. The third kappa shape index (κ3) is 2.17. The van der Waals surface area contributed by atoms with Crippen molar-refractivity contribution in [2.24, 2.45) is 0 Å². The highest BCUT2D eigenvalue weighted by molar-refractivity contribution is 6.33. The third-order valence-electron chi connectivity index (χ3n) is 2.57. The molecule has 0 aromatic heterocycles. The van der Waals surface area contributed by atoms with E-state index in [0.717, 1.165) is 11.1 Å². The van der Waals surface area contributed by atoms with Crippen LogP contribution in [0.2, 0.25) is 5.02 Å². The Morgan fingerprint density at radius 2 is 1.76 bits per heavy atom. The quantitative estimate of drug-likeness (QED) is 0.784. The lowest BCUT2D eigenvalue weighted by Gasteiger charge is -2.07. The van der Waals surface area contributed by atoms with E-state index in [-0.39, 0.29) is 10.7 Å². The molecule has 3 heteroatoms. The van der Waals surface area contributed by atoms with Crippen molar-refractivity contribution < 1.29 is 4.39 Å². The Morgan fingerprint density at radius 1 is 1.12 bits per heavy atom. The van der Waals surface area contributed by atoms with Gasteiger partial charge in [0.15, 0.2) is 5.82 Å². The molecular formula is C14H11ClFN. The van der Waals surface area contributed by atoms with Crippen molar-refractivity contribution in [2.75, 3.05) is 5.73 Å². The van der Waals surface area contributed by atoms with E-state index in [4.69, 9.17) is 17.3 Å². The van der Waals surface area contributed by atoms with Crippen molar-refractivity contribution in [3.8, 4) is 11.1 Å². The van der Waals surface area contributed by atoms with Gasteiger partial charge in [0.1, 0.15) is 0 Å². The zero-order valence-electron chi connectivity index (χ0n) is 9.08. The molecule has 0 saturated heterocycles. The molecule has 0 heterocycles. The Balaban J connectivity index is 2.53. The van der Waals surface area contributed by atoms with Gasteiger partial charge in [0.2, 0.25) is 0 Å². The highest BCUT2D eigenvalue weighted by Gasteiger charge is 2.10. The fraction of sp³-hybridized carbons (Fsp3) is 0. The molecule has 0 amide bonds. The number of hydrogen-bond acceptors (Lipinski definition) is 1. The highest BCUT2D eigenvalue weighted by Crippen LogP contribution is 2.32. The summed E-state index contributed by atoms with van der Waals surface area (Å²) in [4.78, 5) is 0. The SMILES string of the molecule is C=Cc1ccc(-c2ccc(N)c(F)c2Cl)cc1. The smallest absolute Gasteiger partial charge is 0.165 e. The Kier molecular flexibility index (Phi) is 3.16. The first-order valence-corrected chi connectivity index (χ1v) is 5.47. The number of hydrogen-bond donors (Lipinski definition) is 1. The Morgan fingerprint density at radius 3 is 2.35 bits per heavy atom. The highest BCUT2D eigenvalue weighted by atomic mass is 35.5. The van der Waals surface area contributed by atoms with Crippen LogP contribution in [0.25, 0.3) is 17.2 Å². The average molecular weight is 248 g/mol. The Labute approximate surface area is 104 Å². The molecule has 0 unspecified atom stereocenters. The summed E-state index contributed by atoms with van der Waals surface area (Å²) in [6, 6.07) is 10.8. The molecule has 0 aliphatic heterocycles. The molecule has 0 bridgehead atoms. The first kappa shape index (κ1) is 11.7. The summed E-state index contributed by atoms with van der Waals surface area (Å²) in [5.41, 5.74) is 7.98. The van der Waals surface area contributed by atoms with Crippen molar-refractivity contribution in [2.45, 2.75) is 0 Å². The summed E-state index contributed by atoms with van der Waals surface area (Å²) < 4.78 is 13.5. The van der Waals surface area contributed by atoms with E-state index >= 15 is 0 Å². The van der Waals surface area contributed by atoms with Gasteiger partial charge in [0.25, 0.3) is 0 Å². The van der Waals surface area contributed by atoms with E-state index in [2.05, 4.69) is 6.58 Å². The molecule has 0 aliphatic rings. The van der Waals surface area contributed by atoms with E-state index < -0.39 is 5.82 Å². The van der Waals surface area contributed by atoms with Crippen molar-refractivity contribution in [1.82, 2.24) is 0 Å². The molecule has 17 heavy (non-hydrogen) atoms. The number of rotatable bonds is 2.